The van der Waals surface area contributed by atoms with Crippen molar-refractivity contribution in [1.82, 2.24) is 4.31 Å². The lowest BCUT2D eigenvalue weighted by atomic mass is 10.0. The summed E-state index contributed by atoms with van der Waals surface area (Å²) in [6.45, 7) is 0.808. The van der Waals surface area contributed by atoms with Crippen molar-refractivity contribution in [3.8, 4) is 0 Å². The third-order valence-corrected chi connectivity index (χ3v) is 5.64. The Morgan fingerprint density at radius 2 is 2.00 bits per heavy atom. The number of benzene rings is 1. The fourth-order valence-corrected chi connectivity index (χ4v) is 3.88. The van der Waals surface area contributed by atoms with E-state index in [-0.39, 0.29) is 0 Å². The van der Waals surface area contributed by atoms with Gasteiger partial charge in [0.2, 0.25) is 10.0 Å². The maximum absolute atomic E-state index is 11.6. The Morgan fingerprint density at radius 1 is 1.25 bits per heavy atom. The lowest BCUT2D eigenvalue weighted by Gasteiger charge is -2.11. The molecular formula is C14H15NO3S2. The highest BCUT2D eigenvalue weighted by atomic mass is 32.2. The number of aliphatic hydroxyl groups is 1. The first-order chi connectivity index (χ1) is 9.45. The summed E-state index contributed by atoms with van der Waals surface area (Å²) in [6.07, 6.45) is 0.577. The molecule has 3 rings (SSSR count). The van der Waals surface area contributed by atoms with Gasteiger partial charge in [0.25, 0.3) is 0 Å². The lowest BCUT2D eigenvalue weighted by Crippen LogP contribution is -2.23. The van der Waals surface area contributed by atoms with Gasteiger partial charge < -0.3 is 5.11 Å². The average molecular weight is 309 g/mol. The van der Waals surface area contributed by atoms with Crippen LogP contribution in [0.4, 0.5) is 0 Å². The van der Waals surface area contributed by atoms with E-state index in [9.17, 15) is 13.5 Å². The van der Waals surface area contributed by atoms with E-state index in [4.69, 9.17) is 0 Å². The SMILES string of the molecule is CS(=O)(=O)N1Cc2ccc(C(O)c3cccs3)cc2C1. The first-order valence-corrected chi connectivity index (χ1v) is 8.96. The van der Waals surface area contributed by atoms with Crippen LogP contribution in [0.25, 0.3) is 0 Å². The zero-order valence-corrected chi connectivity index (χ0v) is 12.6. The van der Waals surface area contributed by atoms with Gasteiger partial charge in [0.05, 0.1) is 6.26 Å². The molecule has 0 fully saturated rings. The maximum Gasteiger partial charge on any atom is 0.211 e. The highest BCUT2D eigenvalue weighted by Gasteiger charge is 2.26. The van der Waals surface area contributed by atoms with Gasteiger partial charge in [0.15, 0.2) is 0 Å². The van der Waals surface area contributed by atoms with Gasteiger partial charge >= 0.3 is 0 Å². The Balaban J connectivity index is 1.90. The molecule has 2 heterocycles. The molecule has 2 aromatic rings. The normalized spacial score (nSPS) is 17.1. The van der Waals surface area contributed by atoms with Crippen LogP contribution in [-0.2, 0) is 23.1 Å². The van der Waals surface area contributed by atoms with Crippen molar-refractivity contribution in [3.63, 3.8) is 0 Å². The Morgan fingerprint density at radius 3 is 2.65 bits per heavy atom. The predicted molar refractivity (Wildman–Crippen MR) is 78.9 cm³/mol. The summed E-state index contributed by atoms with van der Waals surface area (Å²) in [5.74, 6) is 0. The van der Waals surface area contributed by atoms with Gasteiger partial charge in [0.1, 0.15) is 6.10 Å². The number of hydrogen-bond acceptors (Lipinski definition) is 4. The predicted octanol–water partition coefficient (Wildman–Crippen LogP) is 2.10. The minimum atomic E-state index is -3.17. The molecule has 106 valence electrons. The topological polar surface area (TPSA) is 57.6 Å². The minimum Gasteiger partial charge on any atom is -0.383 e. The molecule has 0 bridgehead atoms. The fourth-order valence-electron chi connectivity index (χ4n) is 2.40. The highest BCUT2D eigenvalue weighted by molar-refractivity contribution is 7.88. The first kappa shape index (κ1) is 13.8. The summed E-state index contributed by atoms with van der Waals surface area (Å²) < 4.78 is 24.6. The fraction of sp³-hybridized carbons (Fsp3) is 0.286. The van der Waals surface area contributed by atoms with Gasteiger partial charge in [-0.1, -0.05) is 24.3 Å². The molecule has 1 aliphatic rings. The quantitative estimate of drug-likeness (QED) is 0.944. The summed E-state index contributed by atoms with van der Waals surface area (Å²) >= 11 is 1.51. The molecule has 0 amide bonds. The average Bonchev–Trinajstić information content (AvgIpc) is 3.05. The third-order valence-electron chi connectivity index (χ3n) is 3.52. The molecule has 1 aliphatic heterocycles. The number of hydrogen-bond donors (Lipinski definition) is 1. The van der Waals surface area contributed by atoms with Crippen LogP contribution in [0.5, 0.6) is 0 Å². The Bertz CT molecular complexity index is 723. The number of sulfonamides is 1. The molecule has 1 N–H and O–H groups in total. The smallest absolute Gasteiger partial charge is 0.211 e. The molecule has 1 atom stereocenters. The van der Waals surface area contributed by atoms with Crippen molar-refractivity contribution >= 4 is 21.4 Å². The zero-order chi connectivity index (χ0) is 14.3. The van der Waals surface area contributed by atoms with Crippen molar-refractivity contribution in [2.75, 3.05) is 6.26 Å². The number of rotatable bonds is 3. The van der Waals surface area contributed by atoms with Crippen LogP contribution in [-0.4, -0.2) is 24.1 Å². The molecule has 0 spiro atoms. The molecule has 1 aromatic heterocycles. The molecule has 0 radical (unpaired) electrons. The van der Waals surface area contributed by atoms with Crippen LogP contribution in [0.1, 0.15) is 27.7 Å². The molecule has 1 unspecified atom stereocenters. The van der Waals surface area contributed by atoms with Crippen molar-refractivity contribution in [1.29, 1.82) is 0 Å². The van der Waals surface area contributed by atoms with Crippen LogP contribution in [0.3, 0.4) is 0 Å². The van der Waals surface area contributed by atoms with E-state index in [2.05, 4.69) is 0 Å². The molecule has 6 heteroatoms. The van der Waals surface area contributed by atoms with Crippen LogP contribution in [0.15, 0.2) is 35.7 Å². The number of nitrogens with zero attached hydrogens (tertiary/aromatic N) is 1. The van der Waals surface area contributed by atoms with E-state index < -0.39 is 16.1 Å². The monoisotopic (exact) mass is 309 g/mol. The van der Waals surface area contributed by atoms with E-state index in [0.29, 0.717) is 13.1 Å². The van der Waals surface area contributed by atoms with Crippen LogP contribution in [0.2, 0.25) is 0 Å². The van der Waals surface area contributed by atoms with Gasteiger partial charge in [0, 0.05) is 18.0 Å². The molecule has 1 aromatic carbocycles. The highest BCUT2D eigenvalue weighted by Crippen LogP contribution is 2.31. The largest absolute Gasteiger partial charge is 0.383 e. The summed E-state index contributed by atoms with van der Waals surface area (Å²) in [5.41, 5.74) is 2.79. The summed E-state index contributed by atoms with van der Waals surface area (Å²) in [7, 11) is -3.17. The first-order valence-electron chi connectivity index (χ1n) is 6.23. The Labute approximate surface area is 122 Å². The number of aliphatic hydroxyl groups excluding tert-OH is 1. The summed E-state index contributed by atoms with van der Waals surface area (Å²) in [4.78, 5) is 0.892. The van der Waals surface area contributed by atoms with E-state index in [0.717, 1.165) is 21.6 Å². The van der Waals surface area contributed by atoms with Crippen molar-refractivity contribution < 1.29 is 13.5 Å². The van der Waals surface area contributed by atoms with Crippen LogP contribution < -0.4 is 0 Å². The van der Waals surface area contributed by atoms with Crippen molar-refractivity contribution in [3.05, 3.63) is 57.3 Å². The number of thiophene rings is 1. The van der Waals surface area contributed by atoms with Gasteiger partial charge in [-0.05, 0) is 28.1 Å². The van der Waals surface area contributed by atoms with E-state index in [1.165, 1.54) is 21.9 Å². The van der Waals surface area contributed by atoms with Crippen molar-refractivity contribution in [2.45, 2.75) is 19.2 Å². The molecule has 20 heavy (non-hydrogen) atoms. The second kappa shape index (κ2) is 4.96. The summed E-state index contributed by atoms with van der Waals surface area (Å²) in [5, 5.41) is 12.2. The van der Waals surface area contributed by atoms with Gasteiger partial charge in [-0.15, -0.1) is 11.3 Å². The maximum atomic E-state index is 11.6. The summed E-state index contributed by atoms with van der Waals surface area (Å²) in [6, 6.07) is 9.49. The lowest BCUT2D eigenvalue weighted by molar-refractivity contribution is 0.224. The third kappa shape index (κ3) is 2.52. The second-order valence-electron chi connectivity index (χ2n) is 4.98. The molecular weight excluding hydrogens is 294 g/mol. The molecule has 4 nitrogen and oxygen atoms in total. The van der Waals surface area contributed by atoms with Crippen LogP contribution >= 0.6 is 11.3 Å². The van der Waals surface area contributed by atoms with E-state index >= 15 is 0 Å². The van der Waals surface area contributed by atoms with E-state index in [1.807, 2.05) is 35.7 Å². The number of fused-ring (bicyclic) bond motifs is 1. The van der Waals surface area contributed by atoms with E-state index in [1.54, 1.807) is 0 Å². The molecule has 0 aliphatic carbocycles. The molecule has 0 saturated carbocycles. The Kier molecular flexibility index (Phi) is 3.41. The minimum absolute atomic E-state index is 0.388. The van der Waals surface area contributed by atoms with Gasteiger partial charge in [-0.3, -0.25) is 0 Å². The van der Waals surface area contributed by atoms with Crippen LogP contribution in [0, 0.1) is 0 Å². The Hall–Kier alpha value is -1.21. The van der Waals surface area contributed by atoms with Crippen molar-refractivity contribution in [2.24, 2.45) is 0 Å². The standard InChI is InChI=1S/C14H15NO3S2/c1-20(17,18)15-8-11-5-4-10(7-12(11)9-15)14(16)13-3-2-6-19-13/h2-7,14,16H,8-9H2,1H3. The van der Waals surface area contributed by atoms with Gasteiger partial charge in [-0.25, -0.2) is 8.42 Å². The molecule has 0 saturated heterocycles. The second-order valence-corrected chi connectivity index (χ2v) is 7.94. The van der Waals surface area contributed by atoms with Gasteiger partial charge in [-0.2, -0.15) is 4.31 Å². The zero-order valence-electron chi connectivity index (χ0n) is 11.0.